The summed E-state index contributed by atoms with van der Waals surface area (Å²) in [6, 6.07) is 7.50. The van der Waals surface area contributed by atoms with Gasteiger partial charge in [-0.2, -0.15) is 21.0 Å². The van der Waals surface area contributed by atoms with Crippen LogP contribution in [0, 0.1) is 13.8 Å². The molecule has 8 heteroatoms. The summed E-state index contributed by atoms with van der Waals surface area (Å²) in [5.41, 5.74) is 3.04. The van der Waals surface area contributed by atoms with Gasteiger partial charge in [-0.1, -0.05) is 0 Å². The van der Waals surface area contributed by atoms with Crippen molar-refractivity contribution in [3.8, 4) is 11.3 Å². The second-order valence-electron chi connectivity index (χ2n) is 5.63. The molecule has 0 saturated heterocycles. The third-order valence-corrected chi connectivity index (χ3v) is 4.52. The van der Waals surface area contributed by atoms with Crippen LogP contribution >= 0.6 is 11.3 Å². The van der Waals surface area contributed by atoms with Crippen molar-refractivity contribution in [3.63, 3.8) is 0 Å². The number of fused-ring (bicyclic) bond motifs is 1. The highest BCUT2D eigenvalue weighted by molar-refractivity contribution is 7.08. The molecule has 4 heterocycles. The van der Waals surface area contributed by atoms with Gasteiger partial charge in [-0.05, 0) is 43.5 Å². The summed E-state index contributed by atoms with van der Waals surface area (Å²) in [6.07, 6.45) is 0. The fourth-order valence-electron chi connectivity index (χ4n) is 2.62. The Kier molecular flexibility index (Phi) is 3.81. The Morgan fingerprint density at radius 1 is 1.28 bits per heavy atom. The van der Waals surface area contributed by atoms with Crippen molar-refractivity contribution in [1.29, 1.82) is 0 Å². The number of thiophene rings is 1. The molecule has 1 N–H and O–H groups in total. The number of aromatic nitrogens is 4. The minimum Gasteiger partial charge on any atom is -0.466 e. The minimum atomic E-state index is -0.208. The number of carbonyl (C=O) groups is 1. The van der Waals surface area contributed by atoms with E-state index in [1.807, 2.05) is 35.9 Å². The number of nitrogens with one attached hydrogen (secondary N) is 1. The number of furan rings is 1. The Bertz CT molecular complexity index is 1050. The zero-order chi connectivity index (χ0) is 17.4. The molecule has 0 radical (unpaired) electrons. The molecular weight excluding hydrogens is 338 g/mol. The van der Waals surface area contributed by atoms with Crippen LogP contribution < -0.4 is 5.32 Å². The first kappa shape index (κ1) is 15.5. The van der Waals surface area contributed by atoms with Crippen LogP contribution in [0.3, 0.4) is 0 Å². The standard InChI is InChI=1S/C17H15N5O2S/c1-10-7-13(11(2)24-10)17(23)18-8-16-20-19-15-4-3-14(21-22(15)16)12-5-6-25-9-12/h3-7,9H,8H2,1-2H3,(H,18,23). The molecule has 0 bridgehead atoms. The average molecular weight is 353 g/mol. The predicted octanol–water partition coefficient (Wildman–Crippen LogP) is 2.99. The lowest BCUT2D eigenvalue weighted by Crippen LogP contribution is -2.24. The third-order valence-electron chi connectivity index (χ3n) is 3.84. The van der Waals surface area contributed by atoms with Crippen molar-refractivity contribution in [2.24, 2.45) is 0 Å². The van der Waals surface area contributed by atoms with E-state index in [0.717, 1.165) is 11.3 Å². The fraction of sp³-hybridized carbons (Fsp3) is 0.176. The lowest BCUT2D eigenvalue weighted by molar-refractivity contribution is 0.0948. The second-order valence-corrected chi connectivity index (χ2v) is 6.41. The smallest absolute Gasteiger partial charge is 0.255 e. The van der Waals surface area contributed by atoms with Crippen LogP contribution in [0.15, 0.2) is 39.4 Å². The number of amides is 1. The maximum absolute atomic E-state index is 12.3. The molecule has 0 aliphatic carbocycles. The van der Waals surface area contributed by atoms with Gasteiger partial charge in [0.2, 0.25) is 0 Å². The summed E-state index contributed by atoms with van der Waals surface area (Å²) >= 11 is 1.61. The van der Waals surface area contributed by atoms with Crippen molar-refractivity contribution in [2.75, 3.05) is 0 Å². The van der Waals surface area contributed by atoms with Gasteiger partial charge in [0.15, 0.2) is 11.5 Å². The Balaban J connectivity index is 1.58. The van der Waals surface area contributed by atoms with Crippen LogP contribution in [-0.2, 0) is 6.54 Å². The molecular formula is C17H15N5O2S. The lowest BCUT2D eigenvalue weighted by atomic mass is 10.2. The molecule has 0 atom stereocenters. The van der Waals surface area contributed by atoms with E-state index in [0.29, 0.717) is 28.6 Å². The lowest BCUT2D eigenvalue weighted by Gasteiger charge is -2.04. The van der Waals surface area contributed by atoms with Crippen LogP contribution in [-0.4, -0.2) is 25.7 Å². The van der Waals surface area contributed by atoms with E-state index in [9.17, 15) is 4.79 Å². The fourth-order valence-corrected chi connectivity index (χ4v) is 3.27. The van der Waals surface area contributed by atoms with Crippen molar-refractivity contribution in [1.82, 2.24) is 25.1 Å². The molecule has 1 amide bonds. The molecule has 4 aromatic rings. The van der Waals surface area contributed by atoms with Crippen LogP contribution in [0.1, 0.15) is 27.7 Å². The van der Waals surface area contributed by atoms with Crippen LogP contribution in [0.4, 0.5) is 0 Å². The third kappa shape index (κ3) is 2.91. The van der Waals surface area contributed by atoms with Crippen LogP contribution in [0.5, 0.6) is 0 Å². The van der Waals surface area contributed by atoms with E-state index in [-0.39, 0.29) is 12.5 Å². The van der Waals surface area contributed by atoms with Gasteiger partial charge in [0.05, 0.1) is 17.8 Å². The van der Waals surface area contributed by atoms with Crippen LogP contribution in [0.25, 0.3) is 16.9 Å². The molecule has 0 spiro atoms. The monoisotopic (exact) mass is 353 g/mol. The molecule has 0 saturated carbocycles. The molecule has 126 valence electrons. The van der Waals surface area contributed by atoms with Gasteiger partial charge >= 0.3 is 0 Å². The van der Waals surface area contributed by atoms with Crippen molar-refractivity contribution >= 4 is 22.9 Å². The molecule has 0 aliphatic rings. The summed E-state index contributed by atoms with van der Waals surface area (Å²) in [5.74, 6) is 1.66. The topological polar surface area (TPSA) is 85.3 Å². The zero-order valence-corrected chi connectivity index (χ0v) is 14.5. The van der Waals surface area contributed by atoms with Gasteiger partial charge in [-0.3, -0.25) is 4.79 Å². The molecule has 0 aliphatic heterocycles. The molecule has 4 rings (SSSR count). The van der Waals surface area contributed by atoms with Crippen molar-refractivity contribution in [2.45, 2.75) is 20.4 Å². The maximum Gasteiger partial charge on any atom is 0.255 e. The number of hydrogen-bond acceptors (Lipinski definition) is 6. The van der Waals surface area contributed by atoms with Gasteiger partial charge < -0.3 is 9.73 Å². The van der Waals surface area contributed by atoms with Crippen LogP contribution in [0.2, 0.25) is 0 Å². The van der Waals surface area contributed by atoms with Gasteiger partial charge in [-0.15, -0.1) is 10.2 Å². The number of hydrogen-bond donors (Lipinski definition) is 1. The van der Waals surface area contributed by atoms with E-state index < -0.39 is 0 Å². The summed E-state index contributed by atoms with van der Waals surface area (Å²) in [5, 5.41) is 19.7. The van der Waals surface area contributed by atoms with E-state index in [2.05, 4.69) is 20.6 Å². The van der Waals surface area contributed by atoms with Gasteiger partial charge in [0.1, 0.15) is 11.5 Å². The Morgan fingerprint density at radius 3 is 2.88 bits per heavy atom. The molecule has 25 heavy (non-hydrogen) atoms. The summed E-state index contributed by atoms with van der Waals surface area (Å²) < 4.78 is 7.05. The predicted molar refractivity (Wildman–Crippen MR) is 93.4 cm³/mol. The first-order chi connectivity index (χ1) is 12.1. The molecule has 0 unspecified atom stereocenters. The summed E-state index contributed by atoms with van der Waals surface area (Å²) in [6.45, 7) is 3.80. The molecule has 0 fully saturated rings. The highest BCUT2D eigenvalue weighted by Crippen LogP contribution is 2.20. The molecule has 4 aromatic heterocycles. The van der Waals surface area contributed by atoms with Crippen molar-refractivity contribution in [3.05, 3.63) is 57.9 Å². The highest BCUT2D eigenvalue weighted by atomic mass is 32.1. The molecule has 7 nitrogen and oxygen atoms in total. The largest absolute Gasteiger partial charge is 0.466 e. The minimum absolute atomic E-state index is 0.208. The first-order valence-corrected chi connectivity index (χ1v) is 8.65. The second kappa shape index (κ2) is 6.14. The number of rotatable bonds is 4. The SMILES string of the molecule is Cc1cc(C(=O)NCc2nnc3ccc(-c4ccsc4)nn23)c(C)o1. The van der Waals surface area contributed by atoms with Crippen molar-refractivity contribution < 1.29 is 9.21 Å². The van der Waals surface area contributed by atoms with E-state index in [1.54, 1.807) is 28.8 Å². The summed E-state index contributed by atoms with van der Waals surface area (Å²) in [4.78, 5) is 12.3. The Morgan fingerprint density at radius 2 is 2.16 bits per heavy atom. The van der Waals surface area contributed by atoms with E-state index in [4.69, 9.17) is 4.42 Å². The molecule has 0 aromatic carbocycles. The van der Waals surface area contributed by atoms with Gasteiger partial charge in [0, 0.05) is 10.9 Å². The zero-order valence-electron chi connectivity index (χ0n) is 13.7. The number of nitrogens with zero attached hydrogens (tertiary/aromatic N) is 4. The van der Waals surface area contributed by atoms with Gasteiger partial charge in [-0.25, -0.2) is 0 Å². The summed E-state index contributed by atoms with van der Waals surface area (Å²) in [7, 11) is 0. The number of carbonyl (C=O) groups excluding carboxylic acids is 1. The Hall–Kier alpha value is -3.00. The quantitative estimate of drug-likeness (QED) is 0.609. The normalized spacial score (nSPS) is 11.1. The Labute approximate surface area is 147 Å². The van der Waals surface area contributed by atoms with E-state index in [1.165, 1.54) is 0 Å². The average Bonchev–Trinajstić information content (AvgIpc) is 3.32. The van der Waals surface area contributed by atoms with Gasteiger partial charge in [0.25, 0.3) is 5.91 Å². The van der Waals surface area contributed by atoms with E-state index >= 15 is 0 Å². The maximum atomic E-state index is 12.3. The number of aryl methyl sites for hydroxylation is 2. The first-order valence-electron chi connectivity index (χ1n) is 7.71. The highest BCUT2D eigenvalue weighted by Gasteiger charge is 2.15.